The third-order valence-electron chi connectivity index (χ3n) is 3.98. The van der Waals surface area contributed by atoms with E-state index in [4.69, 9.17) is 4.74 Å². The van der Waals surface area contributed by atoms with Crippen molar-refractivity contribution in [3.05, 3.63) is 24.2 Å². The number of ether oxygens (including phenoxy) is 1. The predicted molar refractivity (Wildman–Crippen MR) is 78.1 cm³/mol. The quantitative estimate of drug-likeness (QED) is 0.932. The van der Waals surface area contributed by atoms with Gasteiger partial charge < -0.3 is 10.1 Å². The van der Waals surface area contributed by atoms with Crippen molar-refractivity contribution in [2.45, 2.75) is 39.2 Å². The highest BCUT2D eigenvalue weighted by atomic mass is 16.5. The Bertz CT molecular complexity index is 593. The van der Waals surface area contributed by atoms with Crippen LogP contribution in [0.1, 0.15) is 38.8 Å². The molecule has 2 unspecified atom stereocenters. The summed E-state index contributed by atoms with van der Waals surface area (Å²) in [4.78, 5) is 4.40. The Balaban J connectivity index is 1.90. The lowest BCUT2D eigenvalue weighted by Crippen LogP contribution is -2.43. The molecule has 2 aromatic rings. The predicted octanol–water partition coefficient (Wildman–Crippen LogP) is 2.23. The summed E-state index contributed by atoms with van der Waals surface area (Å²) in [7, 11) is 0. The van der Waals surface area contributed by atoms with Gasteiger partial charge in [-0.05, 0) is 30.9 Å². The largest absolute Gasteiger partial charge is 0.471 e. The van der Waals surface area contributed by atoms with E-state index in [2.05, 4.69) is 42.2 Å². The molecule has 5 nitrogen and oxygen atoms in total. The molecule has 2 aromatic heterocycles. The number of aromatic nitrogens is 3. The average Bonchev–Trinajstić information content (AvgIpc) is 2.86. The van der Waals surface area contributed by atoms with Crippen molar-refractivity contribution in [3.8, 4) is 5.88 Å². The summed E-state index contributed by atoms with van der Waals surface area (Å²) in [6.45, 7) is 8.48. The van der Waals surface area contributed by atoms with Crippen LogP contribution < -0.4 is 10.1 Å². The number of hydrogen-bond donors (Lipinski definition) is 1. The van der Waals surface area contributed by atoms with E-state index in [1.165, 1.54) is 0 Å². The van der Waals surface area contributed by atoms with E-state index in [1.54, 1.807) is 6.20 Å². The molecule has 3 rings (SSSR count). The molecule has 0 aromatic carbocycles. The van der Waals surface area contributed by atoms with E-state index >= 15 is 0 Å². The molecule has 20 heavy (non-hydrogen) atoms. The number of nitrogens with zero attached hydrogens (tertiary/aromatic N) is 3. The van der Waals surface area contributed by atoms with E-state index < -0.39 is 0 Å². The lowest BCUT2D eigenvalue weighted by atomic mass is 9.97. The van der Waals surface area contributed by atoms with E-state index in [9.17, 15) is 0 Å². The average molecular weight is 274 g/mol. The Morgan fingerprint density at radius 3 is 3.05 bits per heavy atom. The summed E-state index contributed by atoms with van der Waals surface area (Å²) in [6.07, 6.45) is 4.95. The highest BCUT2D eigenvalue weighted by molar-refractivity contribution is 5.57. The van der Waals surface area contributed by atoms with Gasteiger partial charge >= 0.3 is 0 Å². The number of piperidine rings is 1. The van der Waals surface area contributed by atoms with Gasteiger partial charge in [-0.15, -0.1) is 0 Å². The smallest absolute Gasteiger partial charge is 0.240 e. The Kier molecular flexibility index (Phi) is 3.61. The maximum absolute atomic E-state index is 6.14. The zero-order chi connectivity index (χ0) is 14.1. The molecule has 0 bridgehead atoms. The van der Waals surface area contributed by atoms with Crippen molar-refractivity contribution in [3.63, 3.8) is 0 Å². The summed E-state index contributed by atoms with van der Waals surface area (Å²) < 4.78 is 8.00. The standard InChI is InChI=1S/C15H22N4O/c1-10(2)12-8-13-15(17-6-7-19(13)18-12)20-14-9-16-5-4-11(14)3/h6-8,10-11,14,16H,4-5,9H2,1-3H3. The van der Waals surface area contributed by atoms with Crippen LogP contribution in [-0.2, 0) is 0 Å². The van der Waals surface area contributed by atoms with Crippen molar-refractivity contribution in [2.24, 2.45) is 5.92 Å². The molecule has 108 valence electrons. The van der Waals surface area contributed by atoms with Gasteiger partial charge in [0.15, 0.2) is 0 Å². The van der Waals surface area contributed by atoms with Gasteiger partial charge in [0, 0.05) is 18.9 Å². The number of nitrogens with one attached hydrogen (secondary N) is 1. The summed E-state index contributed by atoms with van der Waals surface area (Å²) in [5.74, 6) is 1.64. The van der Waals surface area contributed by atoms with Gasteiger partial charge in [-0.25, -0.2) is 9.50 Å². The molecule has 1 fully saturated rings. The minimum Gasteiger partial charge on any atom is -0.471 e. The Morgan fingerprint density at radius 2 is 2.30 bits per heavy atom. The molecule has 0 saturated carbocycles. The van der Waals surface area contributed by atoms with Gasteiger partial charge in [0.25, 0.3) is 0 Å². The Hall–Kier alpha value is -1.62. The van der Waals surface area contributed by atoms with Gasteiger partial charge in [0.2, 0.25) is 5.88 Å². The van der Waals surface area contributed by atoms with Crippen molar-refractivity contribution >= 4 is 5.52 Å². The van der Waals surface area contributed by atoms with Crippen molar-refractivity contribution in [1.82, 2.24) is 19.9 Å². The molecule has 0 amide bonds. The first kappa shape index (κ1) is 13.4. The normalized spacial score (nSPS) is 23.4. The molecular formula is C15H22N4O. The van der Waals surface area contributed by atoms with Gasteiger partial charge in [-0.1, -0.05) is 20.8 Å². The monoisotopic (exact) mass is 274 g/mol. The van der Waals surface area contributed by atoms with Crippen LogP contribution >= 0.6 is 0 Å². The lowest BCUT2D eigenvalue weighted by molar-refractivity contribution is 0.111. The Morgan fingerprint density at radius 1 is 1.45 bits per heavy atom. The van der Waals surface area contributed by atoms with Crippen molar-refractivity contribution in [2.75, 3.05) is 13.1 Å². The van der Waals surface area contributed by atoms with Crippen LogP contribution in [0.15, 0.2) is 18.5 Å². The highest BCUT2D eigenvalue weighted by Crippen LogP contribution is 2.24. The van der Waals surface area contributed by atoms with Gasteiger partial charge in [-0.2, -0.15) is 5.10 Å². The maximum atomic E-state index is 6.14. The molecule has 2 atom stereocenters. The molecule has 0 radical (unpaired) electrons. The van der Waals surface area contributed by atoms with Crippen LogP contribution in [0, 0.1) is 5.92 Å². The van der Waals surface area contributed by atoms with Crippen molar-refractivity contribution < 1.29 is 4.74 Å². The summed E-state index contributed by atoms with van der Waals surface area (Å²) in [5, 5.41) is 7.95. The number of rotatable bonds is 3. The van der Waals surface area contributed by atoms with E-state index in [1.807, 2.05) is 10.7 Å². The molecule has 1 saturated heterocycles. The van der Waals surface area contributed by atoms with Crippen LogP contribution in [-0.4, -0.2) is 33.8 Å². The minimum absolute atomic E-state index is 0.180. The Labute approximate surface area is 119 Å². The second-order valence-corrected chi connectivity index (χ2v) is 5.91. The van der Waals surface area contributed by atoms with Gasteiger partial charge in [0.05, 0.1) is 5.69 Å². The fourth-order valence-electron chi connectivity index (χ4n) is 2.55. The molecule has 1 N–H and O–H groups in total. The third-order valence-corrected chi connectivity index (χ3v) is 3.98. The van der Waals surface area contributed by atoms with Gasteiger partial charge in [-0.3, -0.25) is 0 Å². The SMILES string of the molecule is CC(C)c1cc2c(OC3CNCCC3C)nccn2n1. The summed E-state index contributed by atoms with van der Waals surface area (Å²) in [5.41, 5.74) is 2.02. The minimum atomic E-state index is 0.180. The fraction of sp³-hybridized carbons (Fsp3) is 0.600. The zero-order valence-corrected chi connectivity index (χ0v) is 12.3. The van der Waals surface area contributed by atoms with E-state index in [0.717, 1.165) is 30.7 Å². The molecule has 3 heterocycles. The second kappa shape index (κ2) is 5.40. The maximum Gasteiger partial charge on any atom is 0.240 e. The van der Waals surface area contributed by atoms with Gasteiger partial charge in [0.1, 0.15) is 11.6 Å². The van der Waals surface area contributed by atoms with Crippen LogP contribution in [0.2, 0.25) is 0 Å². The first-order valence-corrected chi connectivity index (χ1v) is 7.37. The molecule has 5 heteroatoms. The van der Waals surface area contributed by atoms with Crippen LogP contribution in [0.5, 0.6) is 5.88 Å². The second-order valence-electron chi connectivity index (χ2n) is 5.91. The number of fused-ring (bicyclic) bond motifs is 1. The van der Waals surface area contributed by atoms with Crippen molar-refractivity contribution in [1.29, 1.82) is 0 Å². The first-order chi connectivity index (χ1) is 9.65. The topological polar surface area (TPSA) is 51.5 Å². The van der Waals surface area contributed by atoms with Crippen LogP contribution in [0.3, 0.4) is 0 Å². The zero-order valence-electron chi connectivity index (χ0n) is 12.3. The van der Waals surface area contributed by atoms with E-state index in [0.29, 0.717) is 17.7 Å². The summed E-state index contributed by atoms with van der Waals surface area (Å²) in [6, 6.07) is 2.08. The van der Waals surface area contributed by atoms with Crippen LogP contribution in [0.4, 0.5) is 0 Å². The number of hydrogen-bond acceptors (Lipinski definition) is 4. The highest BCUT2D eigenvalue weighted by Gasteiger charge is 2.24. The fourth-order valence-corrected chi connectivity index (χ4v) is 2.55. The molecule has 1 aliphatic rings. The third kappa shape index (κ3) is 2.50. The first-order valence-electron chi connectivity index (χ1n) is 7.37. The van der Waals surface area contributed by atoms with E-state index in [-0.39, 0.29) is 6.10 Å². The lowest BCUT2D eigenvalue weighted by Gasteiger charge is -2.29. The van der Waals surface area contributed by atoms with Crippen LogP contribution in [0.25, 0.3) is 5.52 Å². The molecule has 0 aliphatic carbocycles. The molecular weight excluding hydrogens is 252 g/mol. The molecule has 1 aliphatic heterocycles. The molecule has 0 spiro atoms. The summed E-state index contributed by atoms with van der Waals surface area (Å²) >= 11 is 0.